The summed E-state index contributed by atoms with van der Waals surface area (Å²) in [6.07, 6.45) is 41.7. The highest BCUT2D eigenvalue weighted by Gasteiger charge is 2.16. The van der Waals surface area contributed by atoms with Crippen LogP contribution in [0.3, 0.4) is 0 Å². The van der Waals surface area contributed by atoms with Gasteiger partial charge in [-0.2, -0.15) is 0 Å². The van der Waals surface area contributed by atoms with Gasteiger partial charge in [0.25, 0.3) is 0 Å². The Labute approximate surface area is 303 Å². The first-order chi connectivity index (χ1) is 24.1. The summed E-state index contributed by atoms with van der Waals surface area (Å²) in [6.45, 7) is 5.27. The number of carbonyl (C=O) groups excluding carboxylic acids is 2. The molecule has 284 valence electrons. The van der Waals surface area contributed by atoms with Crippen molar-refractivity contribution in [2.75, 3.05) is 13.2 Å². The second kappa shape index (κ2) is 34.4. The fourth-order valence-corrected chi connectivity index (χ4v) is 6.62. The molecule has 0 saturated heterocycles. The normalized spacial score (nSPS) is 11.2. The van der Waals surface area contributed by atoms with Crippen LogP contribution in [0.15, 0.2) is 18.2 Å². The van der Waals surface area contributed by atoms with Crippen molar-refractivity contribution < 1.29 is 24.2 Å². The van der Waals surface area contributed by atoms with E-state index < -0.39 is 11.9 Å². The zero-order valence-corrected chi connectivity index (χ0v) is 32.4. The van der Waals surface area contributed by atoms with Gasteiger partial charge >= 0.3 is 11.9 Å². The third-order valence-corrected chi connectivity index (χ3v) is 9.92. The highest BCUT2D eigenvalue weighted by molar-refractivity contribution is 5.96. The van der Waals surface area contributed by atoms with E-state index in [9.17, 15) is 14.7 Å². The number of esters is 2. The zero-order chi connectivity index (χ0) is 35.5. The number of hydrogen-bond donors (Lipinski definition) is 1. The Balaban J connectivity index is 1.97. The number of unbranched alkanes of at least 4 members (excludes halogenated alkanes) is 30. The van der Waals surface area contributed by atoms with Gasteiger partial charge in [-0.05, 0) is 31.0 Å². The molecule has 0 bridgehead atoms. The number of phenols is 1. The number of rotatable bonds is 36. The maximum absolute atomic E-state index is 12.5. The van der Waals surface area contributed by atoms with Gasteiger partial charge in [-0.15, -0.1) is 0 Å². The van der Waals surface area contributed by atoms with Crippen molar-refractivity contribution >= 4 is 11.9 Å². The predicted molar refractivity (Wildman–Crippen MR) is 208 cm³/mol. The first-order valence-electron chi connectivity index (χ1n) is 21.3. The SMILES string of the molecule is CCCCCCCCCCCCCCCCCCOC(=O)c1ccc(C(=O)OCCCCCCCCCCCCCCCCCC)c(O)c1. The molecule has 0 spiro atoms. The maximum Gasteiger partial charge on any atom is 0.341 e. The highest BCUT2D eigenvalue weighted by atomic mass is 16.5. The zero-order valence-electron chi connectivity index (χ0n) is 32.4. The number of carbonyl (C=O) groups is 2. The fraction of sp³-hybridized carbons (Fsp3) is 0.818. The van der Waals surface area contributed by atoms with Crippen LogP contribution >= 0.6 is 0 Å². The molecule has 1 N–H and O–H groups in total. The molecule has 0 unspecified atom stereocenters. The average molecular weight is 687 g/mol. The molecule has 5 nitrogen and oxygen atoms in total. The summed E-state index contributed by atoms with van der Waals surface area (Å²) in [4.78, 5) is 24.9. The summed E-state index contributed by atoms with van der Waals surface area (Å²) in [5.41, 5.74) is 0.342. The van der Waals surface area contributed by atoms with E-state index in [0.29, 0.717) is 13.2 Å². The van der Waals surface area contributed by atoms with Gasteiger partial charge in [-0.3, -0.25) is 0 Å². The Morgan fingerprint density at radius 1 is 0.429 bits per heavy atom. The van der Waals surface area contributed by atoms with Crippen LogP contribution in [0.4, 0.5) is 0 Å². The van der Waals surface area contributed by atoms with Crippen LogP contribution in [0, 0.1) is 0 Å². The molecule has 0 saturated carbocycles. The molecule has 5 heteroatoms. The van der Waals surface area contributed by atoms with E-state index in [4.69, 9.17) is 9.47 Å². The van der Waals surface area contributed by atoms with E-state index in [1.165, 1.54) is 192 Å². The van der Waals surface area contributed by atoms with Crippen LogP contribution in [0.5, 0.6) is 5.75 Å². The van der Waals surface area contributed by atoms with Crippen LogP contribution in [0.1, 0.15) is 240 Å². The number of phenolic OH excluding ortho intramolecular Hbond substituents is 1. The lowest BCUT2D eigenvalue weighted by Crippen LogP contribution is -2.09. The molecule has 0 aromatic heterocycles. The first kappa shape index (κ1) is 45.0. The van der Waals surface area contributed by atoms with Gasteiger partial charge in [0.05, 0.1) is 18.8 Å². The van der Waals surface area contributed by atoms with Crippen molar-refractivity contribution in [2.45, 2.75) is 219 Å². The molecule has 0 aliphatic carbocycles. The molecule has 1 aromatic carbocycles. The van der Waals surface area contributed by atoms with Crippen LogP contribution in [-0.2, 0) is 9.47 Å². The molecule has 1 aromatic rings. The minimum Gasteiger partial charge on any atom is -0.507 e. The summed E-state index contributed by atoms with van der Waals surface area (Å²) >= 11 is 0. The van der Waals surface area contributed by atoms with Crippen molar-refractivity contribution in [3.05, 3.63) is 29.3 Å². The van der Waals surface area contributed by atoms with Gasteiger partial charge in [-0.1, -0.05) is 206 Å². The summed E-state index contributed by atoms with van der Waals surface area (Å²) in [5.74, 6) is -1.26. The molecular formula is C44H78O5. The summed E-state index contributed by atoms with van der Waals surface area (Å²) in [7, 11) is 0. The smallest absolute Gasteiger partial charge is 0.341 e. The summed E-state index contributed by atoms with van der Waals surface area (Å²) in [6, 6.07) is 4.29. The van der Waals surface area contributed by atoms with E-state index in [0.717, 1.165) is 32.1 Å². The molecule has 0 aliphatic rings. The molecule has 0 heterocycles. The van der Waals surface area contributed by atoms with Crippen LogP contribution in [0.2, 0.25) is 0 Å². The Morgan fingerprint density at radius 2 is 0.714 bits per heavy atom. The molecular weight excluding hydrogens is 608 g/mol. The molecule has 1 rings (SSSR count). The van der Waals surface area contributed by atoms with Gasteiger partial charge < -0.3 is 14.6 Å². The van der Waals surface area contributed by atoms with E-state index in [1.54, 1.807) is 0 Å². The number of hydrogen-bond acceptors (Lipinski definition) is 5. The van der Waals surface area contributed by atoms with Gasteiger partial charge in [0.15, 0.2) is 0 Å². The maximum atomic E-state index is 12.5. The van der Waals surface area contributed by atoms with Gasteiger partial charge in [-0.25, -0.2) is 9.59 Å². The molecule has 0 aliphatic heterocycles. The Bertz CT molecular complexity index is 897. The van der Waals surface area contributed by atoms with Crippen molar-refractivity contribution in [1.29, 1.82) is 0 Å². The Morgan fingerprint density at radius 3 is 1.02 bits per heavy atom. The minimum atomic E-state index is -0.549. The van der Waals surface area contributed by atoms with Crippen molar-refractivity contribution in [3.8, 4) is 5.75 Å². The predicted octanol–water partition coefficient (Wildman–Crippen LogP) is 14.2. The van der Waals surface area contributed by atoms with Crippen molar-refractivity contribution in [2.24, 2.45) is 0 Å². The first-order valence-corrected chi connectivity index (χ1v) is 21.3. The standard InChI is InChI=1S/C44H78O5/c1-3-5-7-9-11-13-15-17-19-21-23-25-27-29-31-33-37-48-43(46)40-35-36-41(42(45)39-40)44(47)49-38-34-32-30-28-26-24-22-20-18-16-14-12-10-8-6-4-2/h35-36,39,45H,3-34,37-38H2,1-2H3. The van der Waals surface area contributed by atoms with Crippen LogP contribution in [-0.4, -0.2) is 30.3 Å². The average Bonchev–Trinajstić information content (AvgIpc) is 3.10. The Hall–Kier alpha value is -2.04. The summed E-state index contributed by atoms with van der Waals surface area (Å²) in [5, 5.41) is 10.4. The largest absolute Gasteiger partial charge is 0.507 e. The molecule has 0 atom stereocenters. The molecule has 0 fully saturated rings. The second-order valence-electron chi connectivity index (χ2n) is 14.6. The van der Waals surface area contributed by atoms with Crippen LogP contribution < -0.4 is 0 Å². The third kappa shape index (κ3) is 27.4. The fourth-order valence-electron chi connectivity index (χ4n) is 6.62. The Kier molecular flexibility index (Phi) is 31.6. The molecule has 0 amide bonds. The van der Waals surface area contributed by atoms with E-state index in [1.807, 2.05) is 0 Å². The lowest BCUT2D eigenvalue weighted by atomic mass is 10.0. The van der Waals surface area contributed by atoms with Gasteiger partial charge in [0.2, 0.25) is 0 Å². The van der Waals surface area contributed by atoms with Gasteiger partial charge in [0.1, 0.15) is 11.3 Å². The highest BCUT2D eigenvalue weighted by Crippen LogP contribution is 2.21. The lowest BCUT2D eigenvalue weighted by molar-refractivity contribution is 0.0480. The van der Waals surface area contributed by atoms with Gasteiger partial charge in [0, 0.05) is 0 Å². The topological polar surface area (TPSA) is 72.8 Å². The number of aromatic hydroxyl groups is 1. The molecule has 49 heavy (non-hydrogen) atoms. The minimum absolute atomic E-state index is 0.0887. The van der Waals surface area contributed by atoms with E-state index in [-0.39, 0.29) is 16.9 Å². The van der Waals surface area contributed by atoms with Crippen LogP contribution in [0.25, 0.3) is 0 Å². The lowest BCUT2D eigenvalue weighted by Gasteiger charge is -2.09. The molecule has 0 radical (unpaired) electrons. The van der Waals surface area contributed by atoms with E-state index >= 15 is 0 Å². The third-order valence-electron chi connectivity index (χ3n) is 9.92. The van der Waals surface area contributed by atoms with Crippen molar-refractivity contribution in [1.82, 2.24) is 0 Å². The monoisotopic (exact) mass is 687 g/mol. The number of ether oxygens (including phenoxy) is 2. The van der Waals surface area contributed by atoms with E-state index in [2.05, 4.69) is 13.8 Å². The summed E-state index contributed by atoms with van der Waals surface area (Å²) < 4.78 is 10.8. The number of benzene rings is 1. The quantitative estimate of drug-likeness (QED) is 0.0562. The second-order valence-corrected chi connectivity index (χ2v) is 14.6. The van der Waals surface area contributed by atoms with Crippen molar-refractivity contribution in [3.63, 3.8) is 0 Å².